The van der Waals surface area contributed by atoms with E-state index in [4.69, 9.17) is 0 Å². The molecule has 1 saturated heterocycles. The average Bonchev–Trinajstić information content (AvgIpc) is 1.80. The van der Waals surface area contributed by atoms with Gasteiger partial charge in [0.25, 0.3) is 5.91 Å². The summed E-state index contributed by atoms with van der Waals surface area (Å²) in [6.45, 7) is -0.190. The summed E-state index contributed by atoms with van der Waals surface area (Å²) in [6.07, 6.45) is 0. The number of Topliss-reactive ketones (excluding diaryl/α,β-unsaturated/α-hetero) is 1. The number of urea groups is 1. The van der Waals surface area contributed by atoms with Gasteiger partial charge in [0, 0.05) is 0 Å². The largest absolute Gasteiger partial charge is 0.330 e. The van der Waals surface area contributed by atoms with E-state index < -0.39 is 17.7 Å². The third-order valence-corrected chi connectivity index (χ3v) is 0.890. The molecule has 0 aromatic carbocycles. The van der Waals surface area contributed by atoms with Gasteiger partial charge in [0.1, 0.15) is 0 Å². The fourth-order valence-corrected chi connectivity index (χ4v) is 0.458. The quantitative estimate of drug-likeness (QED) is 0.501. The van der Waals surface area contributed by atoms with E-state index in [9.17, 15) is 14.4 Å². The Morgan fingerprint density at radius 1 is 1.20 bits per heavy atom. The van der Waals surface area contributed by atoms with Crippen LogP contribution in [0.5, 0.6) is 0 Å². The van der Waals surface area contributed by atoms with Gasteiger partial charge in [-0.2, -0.15) is 0 Å². The Bertz CT molecular complexity index is 191. The molecule has 1 heterocycles. The molecule has 0 aromatic heterocycles. The van der Waals surface area contributed by atoms with Crippen LogP contribution >= 0.6 is 17.0 Å². The number of imide groups is 1. The van der Waals surface area contributed by atoms with Gasteiger partial charge in [-0.15, -0.1) is 17.0 Å². The zero-order chi connectivity index (χ0) is 6.85. The molecule has 0 aromatic rings. The maximum Gasteiger partial charge on any atom is 0.322 e. The van der Waals surface area contributed by atoms with E-state index >= 15 is 0 Å². The Kier molecular flexibility index (Phi) is 3.01. The number of ketones is 1. The van der Waals surface area contributed by atoms with E-state index in [1.165, 1.54) is 0 Å². The topological polar surface area (TPSA) is 75.3 Å². The lowest BCUT2D eigenvalue weighted by Crippen LogP contribution is -2.52. The van der Waals surface area contributed by atoms with Crippen LogP contribution in [0.4, 0.5) is 4.79 Å². The van der Waals surface area contributed by atoms with E-state index in [1.54, 1.807) is 5.32 Å². The van der Waals surface area contributed by atoms with Gasteiger partial charge in [0.05, 0.1) is 6.54 Å². The number of rotatable bonds is 0. The second-order valence-electron chi connectivity index (χ2n) is 1.56. The smallest absolute Gasteiger partial charge is 0.322 e. The highest BCUT2D eigenvalue weighted by atomic mass is 79.9. The fraction of sp³-hybridized carbons (Fsp3) is 0.250. The molecule has 6 heteroatoms. The summed E-state index contributed by atoms with van der Waals surface area (Å²) in [5.41, 5.74) is 0. The van der Waals surface area contributed by atoms with Gasteiger partial charge < -0.3 is 5.32 Å². The highest BCUT2D eigenvalue weighted by molar-refractivity contribution is 8.93. The number of hydrogen-bond acceptors (Lipinski definition) is 3. The van der Waals surface area contributed by atoms with Gasteiger partial charge >= 0.3 is 6.03 Å². The van der Waals surface area contributed by atoms with Crippen molar-refractivity contribution >= 4 is 34.7 Å². The Morgan fingerprint density at radius 2 is 1.80 bits per heavy atom. The molecule has 0 atom stereocenters. The lowest BCUT2D eigenvalue weighted by molar-refractivity contribution is -0.137. The first-order chi connectivity index (χ1) is 4.20. The number of halogens is 1. The van der Waals surface area contributed by atoms with Crippen LogP contribution in [0.2, 0.25) is 0 Å². The maximum atomic E-state index is 10.3. The lowest BCUT2D eigenvalue weighted by Gasteiger charge is -2.09. The first-order valence-corrected chi connectivity index (χ1v) is 2.32. The van der Waals surface area contributed by atoms with Gasteiger partial charge in [-0.05, 0) is 0 Å². The van der Waals surface area contributed by atoms with Crippen molar-refractivity contribution in [1.29, 1.82) is 0 Å². The van der Waals surface area contributed by atoms with Crippen molar-refractivity contribution in [2.45, 2.75) is 0 Å². The second-order valence-corrected chi connectivity index (χ2v) is 1.56. The minimum atomic E-state index is -0.834. The molecule has 1 rings (SSSR count). The van der Waals surface area contributed by atoms with Crippen LogP contribution < -0.4 is 10.6 Å². The van der Waals surface area contributed by atoms with Crippen molar-refractivity contribution in [3.05, 3.63) is 0 Å². The van der Waals surface area contributed by atoms with Crippen molar-refractivity contribution in [2.75, 3.05) is 6.54 Å². The molecule has 1 aliphatic heterocycles. The van der Waals surface area contributed by atoms with Crippen molar-refractivity contribution in [3.63, 3.8) is 0 Å². The Balaban J connectivity index is 0.000000810. The number of carbonyl (C=O) groups excluding carboxylic acids is 3. The number of amides is 3. The van der Waals surface area contributed by atoms with Crippen LogP contribution in [0.25, 0.3) is 0 Å². The molecule has 10 heavy (non-hydrogen) atoms. The van der Waals surface area contributed by atoms with Crippen LogP contribution in [0.3, 0.4) is 0 Å². The molecule has 2 N–H and O–H groups in total. The van der Waals surface area contributed by atoms with Crippen LogP contribution in [0, 0.1) is 0 Å². The number of carbonyl (C=O) groups is 3. The van der Waals surface area contributed by atoms with Gasteiger partial charge in [-0.25, -0.2) is 4.79 Å². The summed E-state index contributed by atoms with van der Waals surface area (Å²) in [6, 6.07) is -0.611. The molecule has 0 spiro atoms. The summed E-state index contributed by atoms with van der Waals surface area (Å²) in [7, 11) is 0. The van der Waals surface area contributed by atoms with Gasteiger partial charge in [0.15, 0.2) is 0 Å². The second kappa shape index (κ2) is 3.31. The van der Waals surface area contributed by atoms with Crippen molar-refractivity contribution < 1.29 is 14.4 Å². The minimum absolute atomic E-state index is 0. The fourth-order valence-electron chi connectivity index (χ4n) is 0.458. The molecule has 3 amide bonds. The third kappa shape index (κ3) is 1.80. The molecule has 1 fully saturated rings. The standard InChI is InChI=1S/C4H4N2O3.BrH/c7-2-1-5-4(9)6-3(2)8;/h1H2,(H2,5,6,8,9);1H. The third-order valence-electron chi connectivity index (χ3n) is 0.890. The predicted octanol–water partition coefficient (Wildman–Crippen LogP) is -1.03. The van der Waals surface area contributed by atoms with E-state index in [0.717, 1.165) is 0 Å². The summed E-state index contributed by atoms with van der Waals surface area (Å²) >= 11 is 0. The van der Waals surface area contributed by atoms with E-state index in [0.29, 0.717) is 0 Å². The Labute approximate surface area is 66.9 Å². The highest BCUT2D eigenvalue weighted by Gasteiger charge is 2.21. The van der Waals surface area contributed by atoms with Crippen molar-refractivity contribution in [1.82, 2.24) is 10.6 Å². The van der Waals surface area contributed by atoms with Crippen LogP contribution in [-0.2, 0) is 9.59 Å². The summed E-state index contributed by atoms with van der Waals surface area (Å²) in [5.74, 6) is -1.45. The first-order valence-electron chi connectivity index (χ1n) is 2.32. The van der Waals surface area contributed by atoms with E-state index in [-0.39, 0.29) is 23.5 Å². The van der Waals surface area contributed by atoms with Crippen LogP contribution in [0.15, 0.2) is 0 Å². The molecule has 0 bridgehead atoms. The first kappa shape index (κ1) is 9.09. The zero-order valence-corrected chi connectivity index (χ0v) is 6.55. The molecular weight excluding hydrogens is 204 g/mol. The SMILES string of the molecule is Br.O=C1NCC(=O)C(=O)N1. The molecule has 0 unspecified atom stereocenters. The van der Waals surface area contributed by atoms with E-state index in [1.807, 2.05) is 0 Å². The maximum absolute atomic E-state index is 10.3. The average molecular weight is 209 g/mol. The van der Waals surface area contributed by atoms with Crippen LogP contribution in [0.1, 0.15) is 0 Å². The zero-order valence-electron chi connectivity index (χ0n) is 4.84. The molecule has 0 radical (unpaired) electrons. The summed E-state index contributed by atoms with van der Waals surface area (Å²) < 4.78 is 0. The molecular formula is C4H5BrN2O3. The van der Waals surface area contributed by atoms with Gasteiger partial charge in [-0.1, -0.05) is 0 Å². The molecule has 5 nitrogen and oxygen atoms in total. The normalized spacial score (nSPS) is 17.0. The van der Waals surface area contributed by atoms with Crippen LogP contribution in [-0.4, -0.2) is 24.3 Å². The molecule has 56 valence electrons. The van der Waals surface area contributed by atoms with Crippen molar-refractivity contribution in [2.24, 2.45) is 0 Å². The minimum Gasteiger partial charge on any atom is -0.330 e. The Morgan fingerprint density at radius 3 is 2.20 bits per heavy atom. The van der Waals surface area contributed by atoms with E-state index in [2.05, 4.69) is 5.32 Å². The Hall–Kier alpha value is -0.910. The molecule has 0 aliphatic carbocycles. The molecule has 1 aliphatic rings. The molecule has 0 saturated carbocycles. The number of hydrogen-bond donors (Lipinski definition) is 2. The van der Waals surface area contributed by atoms with Crippen molar-refractivity contribution in [3.8, 4) is 0 Å². The van der Waals surface area contributed by atoms with Gasteiger partial charge in [0.2, 0.25) is 5.78 Å². The monoisotopic (exact) mass is 208 g/mol. The predicted molar refractivity (Wildman–Crippen MR) is 36.9 cm³/mol. The van der Waals surface area contributed by atoms with Gasteiger partial charge in [-0.3, -0.25) is 14.9 Å². The highest BCUT2D eigenvalue weighted by Crippen LogP contribution is 1.78. The lowest BCUT2D eigenvalue weighted by atomic mass is 10.3. The number of nitrogens with one attached hydrogen (secondary N) is 2. The summed E-state index contributed by atoms with van der Waals surface area (Å²) in [5, 5.41) is 3.93. The summed E-state index contributed by atoms with van der Waals surface area (Å²) in [4.78, 5) is 30.8.